The molecule has 0 unspecified atom stereocenters. The summed E-state index contributed by atoms with van der Waals surface area (Å²) in [4.78, 5) is 32.7. The van der Waals surface area contributed by atoms with Crippen LogP contribution in [0.3, 0.4) is 0 Å². The summed E-state index contributed by atoms with van der Waals surface area (Å²) in [6.07, 6.45) is 1.58. The van der Waals surface area contributed by atoms with Gasteiger partial charge in [0.1, 0.15) is 5.82 Å². The maximum absolute atomic E-state index is 13.1. The number of nitrogens with zero attached hydrogens (tertiary/aromatic N) is 3. The lowest BCUT2D eigenvalue weighted by Gasteiger charge is -2.44. The van der Waals surface area contributed by atoms with Crippen LogP contribution in [0.5, 0.6) is 0 Å². The molecular formula is C24H26N4O3. The summed E-state index contributed by atoms with van der Waals surface area (Å²) < 4.78 is 7.57. The van der Waals surface area contributed by atoms with Gasteiger partial charge < -0.3 is 19.5 Å². The summed E-state index contributed by atoms with van der Waals surface area (Å²) in [6, 6.07) is 15.6. The van der Waals surface area contributed by atoms with Crippen LogP contribution in [0.4, 0.5) is 0 Å². The van der Waals surface area contributed by atoms with Crippen LogP contribution in [0.25, 0.3) is 11.0 Å². The van der Waals surface area contributed by atoms with E-state index in [0.29, 0.717) is 39.1 Å². The van der Waals surface area contributed by atoms with Crippen LogP contribution in [0, 0.1) is 0 Å². The first-order valence-electron chi connectivity index (χ1n) is 10.7. The normalized spacial score (nSPS) is 17.7. The fraction of sp³-hybridized carbons (Fsp3) is 0.375. The second-order valence-corrected chi connectivity index (χ2v) is 8.41. The van der Waals surface area contributed by atoms with E-state index in [1.54, 1.807) is 0 Å². The number of para-hydroxylation sites is 2. The number of aromatic nitrogens is 2. The number of hydrogen-bond donors (Lipinski definition) is 1. The molecule has 2 aliphatic rings. The Morgan fingerprint density at radius 1 is 1.13 bits per heavy atom. The predicted octanol–water partition coefficient (Wildman–Crippen LogP) is 2.78. The van der Waals surface area contributed by atoms with E-state index >= 15 is 0 Å². The van der Waals surface area contributed by atoms with E-state index in [9.17, 15) is 9.59 Å². The molecule has 2 amide bonds. The molecule has 160 valence electrons. The highest BCUT2D eigenvalue weighted by Gasteiger charge is 2.46. The molecule has 2 aromatic carbocycles. The molecule has 7 nitrogen and oxygen atoms in total. The molecule has 3 heterocycles. The van der Waals surface area contributed by atoms with E-state index in [4.69, 9.17) is 4.74 Å². The Morgan fingerprint density at radius 2 is 1.87 bits per heavy atom. The lowest BCUT2D eigenvalue weighted by atomic mass is 9.84. The summed E-state index contributed by atoms with van der Waals surface area (Å²) in [5.41, 5.74) is 3.20. The van der Waals surface area contributed by atoms with Gasteiger partial charge in [-0.05, 0) is 36.6 Å². The highest BCUT2D eigenvalue weighted by atomic mass is 16.5. The SMILES string of the molecule is Cn1c(CNC(=O)CC2(N3Cc4ccccc4C3=O)CCOCC2)nc2ccccc21. The molecule has 1 N–H and O–H groups in total. The average molecular weight is 418 g/mol. The Kier molecular flexibility index (Phi) is 4.98. The smallest absolute Gasteiger partial charge is 0.254 e. The van der Waals surface area contributed by atoms with Crippen molar-refractivity contribution in [2.24, 2.45) is 7.05 Å². The third-order valence-electron chi connectivity index (χ3n) is 6.63. The number of benzene rings is 2. The lowest BCUT2D eigenvalue weighted by molar-refractivity contribution is -0.126. The van der Waals surface area contributed by atoms with Gasteiger partial charge in [0.05, 0.1) is 29.5 Å². The molecule has 2 aliphatic heterocycles. The third kappa shape index (κ3) is 3.49. The molecule has 7 heteroatoms. The zero-order valence-corrected chi connectivity index (χ0v) is 17.6. The molecule has 0 atom stereocenters. The standard InChI is InChI=1S/C24H26N4O3/c1-27-20-9-5-4-8-19(20)26-21(27)15-25-22(29)14-24(10-12-31-13-11-24)28-16-17-6-2-3-7-18(17)23(28)30/h2-9H,10-16H2,1H3,(H,25,29). The van der Waals surface area contributed by atoms with Crippen molar-refractivity contribution >= 4 is 22.8 Å². The Hall–Kier alpha value is -3.19. The molecule has 31 heavy (non-hydrogen) atoms. The van der Waals surface area contributed by atoms with Gasteiger partial charge in [0.2, 0.25) is 5.91 Å². The summed E-state index contributed by atoms with van der Waals surface area (Å²) in [6.45, 7) is 2.01. The monoisotopic (exact) mass is 418 g/mol. The highest BCUT2D eigenvalue weighted by molar-refractivity contribution is 5.99. The minimum atomic E-state index is -0.523. The first-order chi connectivity index (χ1) is 15.1. The zero-order valence-electron chi connectivity index (χ0n) is 17.6. The van der Waals surface area contributed by atoms with Gasteiger partial charge in [0.25, 0.3) is 5.91 Å². The van der Waals surface area contributed by atoms with Crippen molar-refractivity contribution in [3.8, 4) is 0 Å². The summed E-state index contributed by atoms with van der Waals surface area (Å²) in [5, 5.41) is 3.03. The molecule has 0 spiro atoms. The van der Waals surface area contributed by atoms with E-state index in [0.717, 1.165) is 28.0 Å². The first kappa shape index (κ1) is 19.8. The molecule has 0 radical (unpaired) electrons. The van der Waals surface area contributed by atoms with Gasteiger partial charge >= 0.3 is 0 Å². The van der Waals surface area contributed by atoms with E-state index < -0.39 is 5.54 Å². The summed E-state index contributed by atoms with van der Waals surface area (Å²) in [5.74, 6) is 0.749. The zero-order chi connectivity index (χ0) is 21.4. The number of fused-ring (bicyclic) bond motifs is 2. The van der Waals surface area contributed by atoms with Crippen LogP contribution in [-0.4, -0.2) is 45.0 Å². The molecule has 3 aromatic rings. The van der Waals surface area contributed by atoms with Gasteiger partial charge in [0.15, 0.2) is 0 Å². The van der Waals surface area contributed by atoms with Crippen molar-refractivity contribution in [1.82, 2.24) is 19.8 Å². The van der Waals surface area contributed by atoms with Gasteiger partial charge in [-0.2, -0.15) is 0 Å². The minimum Gasteiger partial charge on any atom is -0.381 e. The van der Waals surface area contributed by atoms with Crippen LogP contribution in [0.1, 0.15) is 41.0 Å². The Labute approximate surface area is 181 Å². The number of amides is 2. The maximum Gasteiger partial charge on any atom is 0.254 e. The second-order valence-electron chi connectivity index (χ2n) is 8.41. The van der Waals surface area contributed by atoms with Crippen molar-refractivity contribution in [3.05, 3.63) is 65.5 Å². The Morgan fingerprint density at radius 3 is 2.65 bits per heavy atom. The van der Waals surface area contributed by atoms with E-state index in [2.05, 4.69) is 10.3 Å². The van der Waals surface area contributed by atoms with Gasteiger partial charge in [-0.1, -0.05) is 30.3 Å². The number of rotatable bonds is 5. The number of ether oxygens (including phenoxy) is 1. The van der Waals surface area contributed by atoms with Crippen molar-refractivity contribution in [2.75, 3.05) is 13.2 Å². The molecular weight excluding hydrogens is 392 g/mol. The molecule has 1 fully saturated rings. The van der Waals surface area contributed by atoms with Crippen LogP contribution >= 0.6 is 0 Å². The molecule has 0 saturated carbocycles. The highest BCUT2D eigenvalue weighted by Crippen LogP contribution is 2.38. The lowest BCUT2D eigenvalue weighted by Crippen LogP contribution is -2.54. The second kappa shape index (κ2) is 7.81. The predicted molar refractivity (Wildman–Crippen MR) is 116 cm³/mol. The van der Waals surface area contributed by atoms with Gasteiger partial charge in [-0.15, -0.1) is 0 Å². The van der Waals surface area contributed by atoms with E-state index in [1.165, 1.54) is 0 Å². The Bertz CT molecular complexity index is 1150. The van der Waals surface area contributed by atoms with E-state index in [-0.39, 0.29) is 18.2 Å². The number of carbonyl (C=O) groups excluding carboxylic acids is 2. The summed E-state index contributed by atoms with van der Waals surface area (Å²) >= 11 is 0. The van der Waals surface area contributed by atoms with Gasteiger partial charge in [-0.3, -0.25) is 9.59 Å². The van der Waals surface area contributed by atoms with Gasteiger partial charge in [0, 0.05) is 32.4 Å². The number of hydrogen-bond acceptors (Lipinski definition) is 4. The Balaban J connectivity index is 1.32. The number of carbonyl (C=O) groups is 2. The van der Waals surface area contributed by atoms with Crippen molar-refractivity contribution in [2.45, 2.75) is 37.9 Å². The molecule has 0 aliphatic carbocycles. The minimum absolute atomic E-state index is 0.0145. The van der Waals surface area contributed by atoms with Crippen molar-refractivity contribution in [3.63, 3.8) is 0 Å². The van der Waals surface area contributed by atoms with Gasteiger partial charge in [-0.25, -0.2) is 4.98 Å². The molecule has 1 aromatic heterocycles. The largest absolute Gasteiger partial charge is 0.381 e. The van der Waals surface area contributed by atoms with Crippen LogP contribution in [0.2, 0.25) is 0 Å². The average Bonchev–Trinajstić information content (AvgIpc) is 3.31. The number of imidazole rings is 1. The van der Waals surface area contributed by atoms with Crippen LogP contribution in [-0.2, 0) is 29.7 Å². The molecule has 5 rings (SSSR count). The number of nitrogens with one attached hydrogen (secondary N) is 1. The third-order valence-corrected chi connectivity index (χ3v) is 6.63. The fourth-order valence-electron chi connectivity index (χ4n) is 4.82. The topological polar surface area (TPSA) is 76.5 Å². The maximum atomic E-state index is 13.1. The van der Waals surface area contributed by atoms with E-state index in [1.807, 2.05) is 65.0 Å². The van der Waals surface area contributed by atoms with Crippen LogP contribution in [0.15, 0.2) is 48.5 Å². The number of aryl methyl sites for hydroxylation is 1. The quantitative estimate of drug-likeness (QED) is 0.691. The molecule has 0 bridgehead atoms. The molecule has 1 saturated heterocycles. The van der Waals surface area contributed by atoms with Crippen LogP contribution < -0.4 is 5.32 Å². The summed E-state index contributed by atoms with van der Waals surface area (Å²) in [7, 11) is 1.96. The fourth-order valence-corrected chi connectivity index (χ4v) is 4.82. The first-order valence-corrected chi connectivity index (χ1v) is 10.7. The van der Waals surface area contributed by atoms with Crippen molar-refractivity contribution in [1.29, 1.82) is 0 Å². The van der Waals surface area contributed by atoms with Crippen molar-refractivity contribution < 1.29 is 14.3 Å².